The number of likely N-dealkylation sites (tertiary alicyclic amines) is 1. The molecular formula is C12H11F2NO3. The van der Waals surface area contributed by atoms with Gasteiger partial charge in [-0.15, -0.1) is 0 Å². The molecule has 1 N–H and O–H groups in total. The van der Waals surface area contributed by atoms with Gasteiger partial charge in [0.05, 0.1) is 0 Å². The van der Waals surface area contributed by atoms with E-state index < -0.39 is 29.6 Å². The van der Waals surface area contributed by atoms with Crippen LogP contribution in [0.1, 0.15) is 23.2 Å². The minimum Gasteiger partial charge on any atom is -0.480 e. The number of halogens is 2. The van der Waals surface area contributed by atoms with Crippen LogP contribution >= 0.6 is 0 Å². The van der Waals surface area contributed by atoms with Crippen LogP contribution in [0.2, 0.25) is 0 Å². The third-order valence-electron chi connectivity index (χ3n) is 2.91. The van der Waals surface area contributed by atoms with Crippen LogP contribution in [-0.4, -0.2) is 34.5 Å². The van der Waals surface area contributed by atoms with Gasteiger partial charge in [0.1, 0.15) is 17.7 Å². The molecule has 1 amide bonds. The Labute approximate surface area is 102 Å². The van der Waals surface area contributed by atoms with E-state index in [-0.39, 0.29) is 12.1 Å². The molecule has 1 saturated heterocycles. The van der Waals surface area contributed by atoms with Crippen molar-refractivity contribution < 1.29 is 23.5 Å². The minimum absolute atomic E-state index is 0.166. The van der Waals surface area contributed by atoms with E-state index in [9.17, 15) is 18.4 Å². The number of carbonyl (C=O) groups is 2. The summed E-state index contributed by atoms with van der Waals surface area (Å²) in [6.07, 6.45) is 0.930. The fourth-order valence-corrected chi connectivity index (χ4v) is 2.11. The molecule has 4 nitrogen and oxygen atoms in total. The van der Waals surface area contributed by atoms with E-state index in [2.05, 4.69) is 0 Å². The van der Waals surface area contributed by atoms with Gasteiger partial charge in [0.15, 0.2) is 0 Å². The molecule has 0 saturated carbocycles. The van der Waals surface area contributed by atoms with Crippen LogP contribution in [0.3, 0.4) is 0 Å². The van der Waals surface area contributed by atoms with Crippen molar-refractivity contribution in [2.24, 2.45) is 0 Å². The molecular weight excluding hydrogens is 244 g/mol. The molecule has 1 heterocycles. The van der Waals surface area contributed by atoms with E-state index in [1.54, 1.807) is 0 Å². The smallest absolute Gasteiger partial charge is 0.326 e. The second-order valence-electron chi connectivity index (χ2n) is 4.15. The van der Waals surface area contributed by atoms with E-state index in [0.29, 0.717) is 18.9 Å². The van der Waals surface area contributed by atoms with Crippen LogP contribution in [0, 0.1) is 11.6 Å². The van der Waals surface area contributed by atoms with Gasteiger partial charge < -0.3 is 10.0 Å². The number of hydrogen-bond acceptors (Lipinski definition) is 2. The summed E-state index contributed by atoms with van der Waals surface area (Å²) < 4.78 is 26.0. The molecule has 1 aliphatic rings. The highest BCUT2D eigenvalue weighted by Gasteiger charge is 2.34. The molecule has 1 aromatic rings. The summed E-state index contributed by atoms with van der Waals surface area (Å²) in [7, 11) is 0. The summed E-state index contributed by atoms with van der Waals surface area (Å²) in [5, 5.41) is 8.95. The molecule has 0 spiro atoms. The molecule has 0 radical (unpaired) electrons. The lowest BCUT2D eigenvalue weighted by Crippen LogP contribution is -2.40. The molecule has 0 bridgehead atoms. The van der Waals surface area contributed by atoms with Gasteiger partial charge in [-0.1, -0.05) is 0 Å². The normalized spacial score (nSPS) is 19.0. The summed E-state index contributed by atoms with van der Waals surface area (Å²) in [5.41, 5.74) is -0.166. The number of nitrogens with zero attached hydrogens (tertiary/aromatic N) is 1. The highest BCUT2D eigenvalue weighted by Crippen LogP contribution is 2.21. The fourth-order valence-electron chi connectivity index (χ4n) is 2.11. The van der Waals surface area contributed by atoms with Crippen molar-refractivity contribution >= 4 is 11.9 Å². The number of carboxylic acid groups (broad SMARTS) is 1. The van der Waals surface area contributed by atoms with Gasteiger partial charge in [-0.2, -0.15) is 0 Å². The molecule has 1 unspecified atom stereocenters. The van der Waals surface area contributed by atoms with Gasteiger partial charge >= 0.3 is 5.97 Å². The maximum atomic E-state index is 13.0. The van der Waals surface area contributed by atoms with Gasteiger partial charge in [0, 0.05) is 18.2 Å². The average molecular weight is 255 g/mol. The van der Waals surface area contributed by atoms with Crippen molar-refractivity contribution in [2.45, 2.75) is 18.9 Å². The molecule has 18 heavy (non-hydrogen) atoms. The lowest BCUT2D eigenvalue weighted by Gasteiger charge is -2.21. The Bertz CT molecular complexity index is 484. The van der Waals surface area contributed by atoms with Crippen LogP contribution in [-0.2, 0) is 4.79 Å². The number of benzene rings is 1. The summed E-state index contributed by atoms with van der Waals surface area (Å²) in [6.45, 7) is 0.286. The molecule has 2 rings (SSSR count). The predicted octanol–water partition coefficient (Wildman–Crippen LogP) is 1.65. The van der Waals surface area contributed by atoms with Crippen LogP contribution in [0.4, 0.5) is 8.78 Å². The first-order chi connectivity index (χ1) is 8.49. The second-order valence-corrected chi connectivity index (χ2v) is 4.15. The molecule has 1 atom stereocenters. The fraction of sp³-hybridized carbons (Fsp3) is 0.333. The van der Waals surface area contributed by atoms with E-state index in [0.717, 1.165) is 17.0 Å². The molecule has 96 valence electrons. The van der Waals surface area contributed by atoms with Crippen molar-refractivity contribution in [1.29, 1.82) is 0 Å². The van der Waals surface area contributed by atoms with Crippen LogP contribution in [0.15, 0.2) is 18.2 Å². The number of carboxylic acids is 1. The Morgan fingerprint density at radius 3 is 2.39 bits per heavy atom. The molecule has 0 aliphatic carbocycles. The SMILES string of the molecule is O=C(O)C1CCCN1C(=O)c1cc(F)cc(F)c1. The first-order valence-corrected chi connectivity index (χ1v) is 5.49. The van der Waals surface area contributed by atoms with E-state index in [1.807, 2.05) is 0 Å². The third-order valence-corrected chi connectivity index (χ3v) is 2.91. The summed E-state index contributed by atoms with van der Waals surface area (Å²) in [5.74, 6) is -3.47. The van der Waals surface area contributed by atoms with Gasteiger partial charge in [-0.25, -0.2) is 13.6 Å². The number of hydrogen-bond donors (Lipinski definition) is 1. The van der Waals surface area contributed by atoms with Crippen molar-refractivity contribution in [3.05, 3.63) is 35.4 Å². The number of amides is 1. The molecule has 1 aromatic carbocycles. The average Bonchev–Trinajstić information content (AvgIpc) is 2.75. The Balaban J connectivity index is 2.28. The zero-order valence-corrected chi connectivity index (χ0v) is 9.40. The first-order valence-electron chi connectivity index (χ1n) is 5.49. The third kappa shape index (κ3) is 2.32. The summed E-state index contributed by atoms with van der Waals surface area (Å²) in [4.78, 5) is 24.1. The Morgan fingerprint density at radius 2 is 1.83 bits per heavy atom. The van der Waals surface area contributed by atoms with Crippen LogP contribution in [0.25, 0.3) is 0 Å². The quantitative estimate of drug-likeness (QED) is 0.874. The standard InChI is InChI=1S/C12H11F2NO3/c13-8-4-7(5-9(14)6-8)11(16)15-3-1-2-10(15)12(17)18/h4-6,10H,1-3H2,(H,17,18). The van der Waals surface area contributed by atoms with Crippen molar-refractivity contribution in [1.82, 2.24) is 4.90 Å². The topological polar surface area (TPSA) is 57.6 Å². The lowest BCUT2D eigenvalue weighted by atomic mass is 10.1. The molecule has 1 fully saturated rings. The molecule has 6 heteroatoms. The monoisotopic (exact) mass is 255 g/mol. The highest BCUT2D eigenvalue weighted by atomic mass is 19.1. The Morgan fingerprint density at radius 1 is 1.22 bits per heavy atom. The van der Waals surface area contributed by atoms with Crippen molar-refractivity contribution in [3.63, 3.8) is 0 Å². The Hall–Kier alpha value is -1.98. The molecule has 1 aliphatic heterocycles. The van der Waals surface area contributed by atoms with E-state index >= 15 is 0 Å². The lowest BCUT2D eigenvalue weighted by molar-refractivity contribution is -0.141. The van der Waals surface area contributed by atoms with Crippen molar-refractivity contribution in [3.8, 4) is 0 Å². The number of aliphatic carboxylic acids is 1. The van der Waals surface area contributed by atoms with Gasteiger partial charge in [0.25, 0.3) is 5.91 Å². The first kappa shape index (κ1) is 12.5. The van der Waals surface area contributed by atoms with Gasteiger partial charge in [0.2, 0.25) is 0 Å². The van der Waals surface area contributed by atoms with Crippen LogP contribution in [0.5, 0.6) is 0 Å². The van der Waals surface area contributed by atoms with E-state index in [1.165, 1.54) is 0 Å². The number of carbonyl (C=O) groups excluding carboxylic acids is 1. The summed E-state index contributed by atoms with van der Waals surface area (Å²) in [6, 6.07) is 1.56. The molecule has 0 aromatic heterocycles. The predicted molar refractivity (Wildman–Crippen MR) is 58.1 cm³/mol. The van der Waals surface area contributed by atoms with Gasteiger partial charge in [-0.05, 0) is 25.0 Å². The van der Waals surface area contributed by atoms with E-state index in [4.69, 9.17) is 5.11 Å². The van der Waals surface area contributed by atoms with Crippen LogP contribution < -0.4 is 0 Å². The Kier molecular flexibility index (Phi) is 3.27. The van der Waals surface area contributed by atoms with Gasteiger partial charge in [-0.3, -0.25) is 4.79 Å². The summed E-state index contributed by atoms with van der Waals surface area (Å²) >= 11 is 0. The zero-order valence-electron chi connectivity index (χ0n) is 9.40. The zero-order chi connectivity index (χ0) is 13.3. The number of rotatable bonds is 2. The maximum Gasteiger partial charge on any atom is 0.326 e. The maximum absolute atomic E-state index is 13.0. The largest absolute Gasteiger partial charge is 0.480 e. The highest BCUT2D eigenvalue weighted by molar-refractivity contribution is 5.97. The van der Waals surface area contributed by atoms with Crippen molar-refractivity contribution in [2.75, 3.05) is 6.54 Å². The second kappa shape index (κ2) is 4.72. The minimum atomic E-state index is -1.10.